The van der Waals surface area contributed by atoms with Gasteiger partial charge in [0.05, 0.1) is 17.0 Å². The van der Waals surface area contributed by atoms with E-state index in [0.717, 1.165) is 0 Å². The van der Waals surface area contributed by atoms with E-state index < -0.39 is 5.54 Å². The number of fused-ring (bicyclic) bond motifs is 1. The van der Waals surface area contributed by atoms with Crippen molar-refractivity contribution >= 4 is 46.4 Å². The van der Waals surface area contributed by atoms with Crippen LogP contribution in [0.5, 0.6) is 0 Å². The predicted molar refractivity (Wildman–Crippen MR) is 103 cm³/mol. The van der Waals surface area contributed by atoms with Crippen LogP contribution in [0, 0.1) is 5.92 Å². The van der Waals surface area contributed by atoms with Gasteiger partial charge in [-0.05, 0) is 12.8 Å². The summed E-state index contributed by atoms with van der Waals surface area (Å²) in [5.74, 6) is 1.04. The Morgan fingerprint density at radius 1 is 1.54 bits per heavy atom. The molecule has 0 saturated carbocycles. The van der Waals surface area contributed by atoms with Crippen LogP contribution < -0.4 is 16.6 Å². The van der Waals surface area contributed by atoms with Crippen molar-refractivity contribution in [1.82, 2.24) is 14.7 Å². The highest BCUT2D eigenvalue weighted by Crippen LogP contribution is 2.16. The highest BCUT2D eigenvalue weighted by Gasteiger charge is 2.28. The molecular weight excluding hydrogens is 368 g/mol. The lowest BCUT2D eigenvalue weighted by Gasteiger charge is -2.33. The van der Waals surface area contributed by atoms with E-state index in [1.165, 1.54) is 33.6 Å². The van der Waals surface area contributed by atoms with Crippen molar-refractivity contribution in [3.8, 4) is 0 Å². The van der Waals surface area contributed by atoms with Gasteiger partial charge < -0.3 is 11.1 Å². The standard InChI is InChI=1S/C15H22N4O2S2.ClH/c1-10(2)15(3,9-16)18-12(20)8-22-7-11-6-13(21)19-4-5-23-14(19)17-11;/h4-6,10H,7-9,16H2,1-3H3,(H,18,20);1H. The second-order valence-electron chi connectivity index (χ2n) is 5.96. The van der Waals surface area contributed by atoms with Gasteiger partial charge in [-0.2, -0.15) is 0 Å². The monoisotopic (exact) mass is 390 g/mol. The molecule has 0 aromatic carbocycles. The van der Waals surface area contributed by atoms with Crippen molar-refractivity contribution in [3.63, 3.8) is 0 Å². The first-order chi connectivity index (χ1) is 10.9. The van der Waals surface area contributed by atoms with Crippen LogP contribution in [0.25, 0.3) is 4.96 Å². The average molecular weight is 391 g/mol. The average Bonchev–Trinajstić information content (AvgIpc) is 2.95. The molecule has 0 aliphatic heterocycles. The van der Waals surface area contributed by atoms with E-state index in [-0.39, 0.29) is 29.8 Å². The summed E-state index contributed by atoms with van der Waals surface area (Å²) in [5.41, 5.74) is 5.97. The highest BCUT2D eigenvalue weighted by atomic mass is 35.5. The van der Waals surface area contributed by atoms with E-state index in [1.54, 1.807) is 6.20 Å². The van der Waals surface area contributed by atoms with Crippen molar-refractivity contribution < 1.29 is 4.79 Å². The fourth-order valence-electron chi connectivity index (χ4n) is 2.00. The fraction of sp³-hybridized carbons (Fsp3) is 0.533. The number of thiazole rings is 1. The van der Waals surface area contributed by atoms with Gasteiger partial charge in [0.25, 0.3) is 5.56 Å². The molecule has 1 amide bonds. The molecule has 2 rings (SSSR count). The number of hydrogen-bond acceptors (Lipinski definition) is 6. The summed E-state index contributed by atoms with van der Waals surface area (Å²) in [4.78, 5) is 29.1. The molecule has 134 valence electrons. The largest absolute Gasteiger partial charge is 0.349 e. The molecule has 2 aromatic heterocycles. The van der Waals surface area contributed by atoms with Gasteiger partial charge in [-0.25, -0.2) is 4.98 Å². The maximum absolute atomic E-state index is 12.1. The number of rotatable bonds is 7. The lowest BCUT2D eigenvalue weighted by Crippen LogP contribution is -2.55. The third kappa shape index (κ3) is 4.95. The Hall–Kier alpha value is -1.09. The quantitative estimate of drug-likeness (QED) is 0.753. The summed E-state index contributed by atoms with van der Waals surface area (Å²) in [6.45, 7) is 6.42. The Balaban J connectivity index is 0.00000288. The van der Waals surface area contributed by atoms with Gasteiger partial charge >= 0.3 is 0 Å². The second kappa shape index (κ2) is 8.84. The van der Waals surface area contributed by atoms with Crippen molar-refractivity contribution in [1.29, 1.82) is 0 Å². The van der Waals surface area contributed by atoms with Crippen LogP contribution in [0.3, 0.4) is 0 Å². The molecule has 0 radical (unpaired) electrons. The Kier molecular flexibility index (Phi) is 7.72. The molecule has 2 heterocycles. The summed E-state index contributed by atoms with van der Waals surface area (Å²) >= 11 is 2.86. The molecule has 9 heteroatoms. The minimum Gasteiger partial charge on any atom is -0.349 e. The first kappa shape index (κ1) is 21.0. The van der Waals surface area contributed by atoms with E-state index in [0.29, 0.717) is 28.7 Å². The normalized spacial score (nSPS) is 13.5. The topological polar surface area (TPSA) is 89.5 Å². The summed E-state index contributed by atoms with van der Waals surface area (Å²) in [6, 6.07) is 1.52. The van der Waals surface area contributed by atoms with Gasteiger partial charge in [0.1, 0.15) is 0 Å². The van der Waals surface area contributed by atoms with Gasteiger partial charge in [-0.1, -0.05) is 13.8 Å². The number of carbonyl (C=O) groups excluding carboxylic acids is 1. The molecule has 0 spiro atoms. The second-order valence-corrected chi connectivity index (χ2v) is 7.82. The van der Waals surface area contributed by atoms with Crippen molar-refractivity contribution in [3.05, 3.63) is 33.7 Å². The third-order valence-corrected chi connectivity index (χ3v) is 5.69. The summed E-state index contributed by atoms with van der Waals surface area (Å²) in [5, 5.41) is 4.82. The molecule has 3 N–H and O–H groups in total. The van der Waals surface area contributed by atoms with E-state index in [4.69, 9.17) is 5.73 Å². The van der Waals surface area contributed by atoms with Gasteiger partial charge in [0.2, 0.25) is 5.91 Å². The molecular formula is C15H23ClN4O2S2. The van der Waals surface area contributed by atoms with Crippen molar-refractivity contribution in [2.24, 2.45) is 11.7 Å². The Morgan fingerprint density at radius 2 is 2.25 bits per heavy atom. The molecule has 0 aliphatic carbocycles. The van der Waals surface area contributed by atoms with Crippen LogP contribution in [0.4, 0.5) is 0 Å². The van der Waals surface area contributed by atoms with Crippen LogP contribution in [-0.4, -0.2) is 33.1 Å². The van der Waals surface area contributed by atoms with Crippen LogP contribution in [0.1, 0.15) is 26.5 Å². The molecule has 2 aromatic rings. The molecule has 1 unspecified atom stereocenters. The number of nitrogens with zero attached hydrogens (tertiary/aromatic N) is 2. The minimum absolute atomic E-state index is 0. The highest BCUT2D eigenvalue weighted by molar-refractivity contribution is 7.99. The number of halogens is 1. The number of carbonyl (C=O) groups is 1. The number of thioether (sulfide) groups is 1. The first-order valence-corrected chi connectivity index (χ1v) is 9.44. The maximum atomic E-state index is 12.1. The molecule has 0 saturated heterocycles. The third-order valence-electron chi connectivity index (χ3n) is 3.96. The van der Waals surface area contributed by atoms with Gasteiger partial charge in [-0.15, -0.1) is 35.5 Å². The zero-order chi connectivity index (χ0) is 17.0. The molecule has 24 heavy (non-hydrogen) atoms. The SMILES string of the molecule is CC(C)C(C)(CN)NC(=O)CSCc1cc(=O)n2ccsc2n1.Cl. The molecule has 0 aliphatic rings. The number of amides is 1. The van der Waals surface area contributed by atoms with Crippen LogP contribution in [-0.2, 0) is 10.5 Å². The molecule has 0 bridgehead atoms. The lowest BCUT2D eigenvalue weighted by atomic mass is 9.88. The molecule has 0 fully saturated rings. The van der Waals surface area contributed by atoms with Crippen LogP contribution in [0.15, 0.2) is 22.4 Å². The van der Waals surface area contributed by atoms with Gasteiger partial charge in [0, 0.05) is 29.9 Å². The van der Waals surface area contributed by atoms with E-state index in [1.807, 2.05) is 26.2 Å². The Bertz CT molecular complexity index is 746. The minimum atomic E-state index is -0.398. The van der Waals surface area contributed by atoms with Gasteiger partial charge in [-0.3, -0.25) is 14.0 Å². The zero-order valence-electron chi connectivity index (χ0n) is 13.9. The smallest absolute Gasteiger partial charge is 0.258 e. The number of hydrogen-bond donors (Lipinski definition) is 2. The summed E-state index contributed by atoms with van der Waals surface area (Å²) in [6.07, 6.45) is 1.71. The van der Waals surface area contributed by atoms with Crippen molar-refractivity contribution in [2.45, 2.75) is 32.1 Å². The maximum Gasteiger partial charge on any atom is 0.258 e. The number of aromatic nitrogens is 2. The lowest BCUT2D eigenvalue weighted by molar-refractivity contribution is -0.120. The molecule has 1 atom stereocenters. The van der Waals surface area contributed by atoms with E-state index >= 15 is 0 Å². The Morgan fingerprint density at radius 3 is 2.88 bits per heavy atom. The van der Waals surface area contributed by atoms with E-state index in [9.17, 15) is 9.59 Å². The number of nitrogens with one attached hydrogen (secondary N) is 1. The van der Waals surface area contributed by atoms with Gasteiger partial charge in [0.15, 0.2) is 4.96 Å². The van der Waals surface area contributed by atoms with Crippen LogP contribution >= 0.6 is 35.5 Å². The summed E-state index contributed by atoms with van der Waals surface area (Å²) in [7, 11) is 0. The zero-order valence-corrected chi connectivity index (χ0v) is 16.4. The Labute approximate surface area is 155 Å². The fourth-order valence-corrected chi connectivity index (χ4v) is 3.45. The van der Waals surface area contributed by atoms with E-state index in [2.05, 4.69) is 10.3 Å². The number of nitrogens with two attached hydrogens (primary N) is 1. The van der Waals surface area contributed by atoms with Crippen molar-refractivity contribution in [2.75, 3.05) is 12.3 Å². The first-order valence-electron chi connectivity index (χ1n) is 7.40. The van der Waals surface area contributed by atoms with Crippen LogP contribution in [0.2, 0.25) is 0 Å². The predicted octanol–water partition coefficient (Wildman–Crippen LogP) is 1.90. The molecule has 6 nitrogen and oxygen atoms in total. The summed E-state index contributed by atoms with van der Waals surface area (Å²) < 4.78 is 1.51.